The molecular weight excluding hydrogens is 493 g/mol. The second-order valence-corrected chi connectivity index (χ2v) is 9.73. The lowest BCUT2D eigenvalue weighted by Gasteiger charge is -2.13. The van der Waals surface area contributed by atoms with Crippen molar-refractivity contribution in [3.63, 3.8) is 0 Å². The van der Waals surface area contributed by atoms with Crippen molar-refractivity contribution in [2.24, 2.45) is 5.92 Å². The van der Waals surface area contributed by atoms with Crippen LogP contribution in [0.5, 0.6) is 5.75 Å². The summed E-state index contributed by atoms with van der Waals surface area (Å²) in [5, 5.41) is 8.46. The standard InChI is InChI=1S/C29H29F3N4O2/c1-18(2)5-7-20-9-22(13-24(10-20)29(30,31)32)28(37)12-21-8-6-19(3)27(11-21)36-17-26(34-35-36)23-14-25(38-4)16-33-15-23/h6,8-11,13-18H,5,7,12H2,1-4H3. The molecule has 2 aromatic carbocycles. The van der Waals surface area contributed by atoms with Crippen molar-refractivity contribution in [1.82, 2.24) is 20.0 Å². The number of nitrogens with zero attached hydrogens (tertiary/aromatic N) is 4. The minimum Gasteiger partial charge on any atom is -0.495 e. The van der Waals surface area contributed by atoms with Crippen LogP contribution in [-0.4, -0.2) is 32.9 Å². The van der Waals surface area contributed by atoms with Gasteiger partial charge in [0.25, 0.3) is 0 Å². The average molecular weight is 523 g/mol. The van der Waals surface area contributed by atoms with Crippen LogP contribution in [0.1, 0.15) is 52.9 Å². The lowest BCUT2D eigenvalue weighted by Crippen LogP contribution is -2.11. The molecule has 0 N–H and O–H groups in total. The van der Waals surface area contributed by atoms with E-state index in [9.17, 15) is 18.0 Å². The molecule has 4 aromatic rings. The second-order valence-electron chi connectivity index (χ2n) is 9.73. The quantitative estimate of drug-likeness (QED) is 0.229. The van der Waals surface area contributed by atoms with E-state index in [2.05, 4.69) is 15.3 Å². The Kier molecular flexibility index (Phi) is 7.94. The molecule has 0 aliphatic rings. The Morgan fingerprint density at radius 1 is 1.05 bits per heavy atom. The first kappa shape index (κ1) is 27.0. The van der Waals surface area contributed by atoms with Gasteiger partial charge in [0.2, 0.25) is 0 Å². The molecule has 0 aliphatic heterocycles. The van der Waals surface area contributed by atoms with Crippen LogP contribution in [0, 0.1) is 12.8 Å². The summed E-state index contributed by atoms with van der Waals surface area (Å²) in [6.45, 7) is 5.93. The van der Waals surface area contributed by atoms with Gasteiger partial charge >= 0.3 is 6.18 Å². The van der Waals surface area contributed by atoms with Crippen molar-refractivity contribution in [2.75, 3.05) is 7.11 Å². The van der Waals surface area contributed by atoms with Gasteiger partial charge in [-0.1, -0.05) is 31.2 Å². The number of rotatable bonds is 9. The first-order valence-electron chi connectivity index (χ1n) is 12.3. The fourth-order valence-electron chi connectivity index (χ4n) is 4.10. The number of alkyl halides is 3. The summed E-state index contributed by atoms with van der Waals surface area (Å²) >= 11 is 0. The first-order valence-corrected chi connectivity index (χ1v) is 12.3. The molecule has 0 aliphatic carbocycles. The van der Waals surface area contributed by atoms with E-state index in [1.807, 2.05) is 32.9 Å². The number of aryl methyl sites for hydroxylation is 2. The number of methoxy groups -OCH3 is 1. The van der Waals surface area contributed by atoms with E-state index in [0.29, 0.717) is 40.6 Å². The number of carbonyl (C=O) groups excluding carboxylic acids is 1. The topological polar surface area (TPSA) is 69.9 Å². The third kappa shape index (κ3) is 6.45. The third-order valence-corrected chi connectivity index (χ3v) is 6.28. The Hall–Kier alpha value is -4.01. The van der Waals surface area contributed by atoms with E-state index in [4.69, 9.17) is 4.74 Å². The number of Topliss-reactive ketones (excluding diaryl/α,β-unsaturated/α-hetero) is 1. The Balaban J connectivity index is 1.60. The number of carbonyl (C=O) groups is 1. The first-order chi connectivity index (χ1) is 18.0. The molecule has 4 rings (SSSR count). The number of benzene rings is 2. The summed E-state index contributed by atoms with van der Waals surface area (Å²) in [7, 11) is 1.56. The summed E-state index contributed by atoms with van der Waals surface area (Å²) < 4.78 is 47.5. The minimum absolute atomic E-state index is 0.0421. The number of ketones is 1. The van der Waals surface area contributed by atoms with Gasteiger partial charge in [0.15, 0.2) is 5.78 Å². The van der Waals surface area contributed by atoms with Crippen molar-refractivity contribution >= 4 is 5.78 Å². The highest BCUT2D eigenvalue weighted by Gasteiger charge is 2.31. The van der Waals surface area contributed by atoms with Crippen LogP contribution >= 0.6 is 0 Å². The predicted molar refractivity (Wildman–Crippen MR) is 139 cm³/mol. The van der Waals surface area contributed by atoms with Crippen LogP contribution in [0.3, 0.4) is 0 Å². The molecule has 0 amide bonds. The Bertz CT molecular complexity index is 1440. The molecule has 198 valence electrons. The van der Waals surface area contributed by atoms with Crippen LogP contribution in [0.4, 0.5) is 13.2 Å². The molecule has 9 heteroatoms. The molecule has 0 atom stereocenters. The highest BCUT2D eigenvalue weighted by Crippen LogP contribution is 2.32. The molecule has 0 spiro atoms. The van der Waals surface area contributed by atoms with E-state index >= 15 is 0 Å². The molecule has 2 aromatic heterocycles. The molecule has 0 radical (unpaired) electrons. The van der Waals surface area contributed by atoms with Gasteiger partial charge in [0, 0.05) is 23.7 Å². The van der Waals surface area contributed by atoms with Crippen molar-refractivity contribution in [2.45, 2.75) is 46.2 Å². The molecule has 38 heavy (non-hydrogen) atoms. The maximum atomic E-state index is 13.6. The number of hydrogen-bond acceptors (Lipinski definition) is 5. The molecular formula is C29H29F3N4O2. The Morgan fingerprint density at radius 3 is 2.55 bits per heavy atom. The molecule has 6 nitrogen and oxygen atoms in total. The van der Waals surface area contributed by atoms with Gasteiger partial charge in [-0.25, -0.2) is 4.68 Å². The van der Waals surface area contributed by atoms with Crippen LogP contribution in [0.25, 0.3) is 16.9 Å². The van der Waals surface area contributed by atoms with Crippen LogP contribution in [-0.2, 0) is 19.0 Å². The smallest absolute Gasteiger partial charge is 0.416 e. The highest BCUT2D eigenvalue weighted by molar-refractivity contribution is 5.98. The average Bonchev–Trinajstić information content (AvgIpc) is 3.38. The SMILES string of the molecule is COc1cncc(-c2cn(-c3cc(CC(=O)c4cc(CCC(C)C)cc(C(F)(F)F)c4)ccc3C)nn2)c1. The van der Waals surface area contributed by atoms with E-state index in [1.165, 1.54) is 0 Å². The van der Waals surface area contributed by atoms with Gasteiger partial charge in [-0.15, -0.1) is 5.10 Å². The molecule has 0 unspecified atom stereocenters. The zero-order valence-corrected chi connectivity index (χ0v) is 21.7. The normalized spacial score (nSPS) is 11.7. The van der Waals surface area contributed by atoms with Gasteiger partial charge in [0.1, 0.15) is 11.4 Å². The molecule has 0 saturated heterocycles. The van der Waals surface area contributed by atoms with Gasteiger partial charge < -0.3 is 4.74 Å². The molecule has 0 fully saturated rings. The third-order valence-electron chi connectivity index (χ3n) is 6.28. The summed E-state index contributed by atoms with van der Waals surface area (Å²) in [4.78, 5) is 17.3. The van der Waals surface area contributed by atoms with Gasteiger partial charge in [-0.3, -0.25) is 9.78 Å². The highest BCUT2D eigenvalue weighted by atomic mass is 19.4. The second kappa shape index (κ2) is 11.2. The monoisotopic (exact) mass is 522 g/mol. The van der Waals surface area contributed by atoms with Crippen LogP contribution in [0.2, 0.25) is 0 Å². The lowest BCUT2D eigenvalue weighted by atomic mass is 9.95. The Morgan fingerprint density at radius 2 is 1.84 bits per heavy atom. The van der Waals surface area contributed by atoms with Crippen molar-refractivity contribution in [1.29, 1.82) is 0 Å². The number of halogens is 3. The number of pyridine rings is 1. The predicted octanol–water partition coefficient (Wildman–Crippen LogP) is 6.68. The number of aromatic nitrogens is 4. The van der Waals surface area contributed by atoms with E-state index in [1.54, 1.807) is 48.6 Å². The van der Waals surface area contributed by atoms with Crippen molar-refractivity contribution in [3.05, 3.63) is 88.9 Å². The lowest BCUT2D eigenvalue weighted by molar-refractivity contribution is -0.137. The van der Waals surface area contributed by atoms with Gasteiger partial charge in [-0.05, 0) is 72.7 Å². The minimum atomic E-state index is -4.52. The maximum absolute atomic E-state index is 13.6. The molecule has 2 heterocycles. The summed E-state index contributed by atoms with van der Waals surface area (Å²) in [6.07, 6.45) is 1.65. The summed E-state index contributed by atoms with van der Waals surface area (Å²) in [5.74, 6) is 0.557. The largest absolute Gasteiger partial charge is 0.495 e. The van der Waals surface area contributed by atoms with Crippen molar-refractivity contribution < 1.29 is 22.7 Å². The number of ether oxygens (including phenoxy) is 1. The van der Waals surface area contributed by atoms with Crippen molar-refractivity contribution in [3.8, 4) is 22.7 Å². The van der Waals surface area contributed by atoms with Crippen LogP contribution in [0.15, 0.2) is 61.1 Å². The van der Waals surface area contributed by atoms with E-state index in [0.717, 1.165) is 29.7 Å². The maximum Gasteiger partial charge on any atom is 0.416 e. The zero-order valence-electron chi connectivity index (χ0n) is 21.7. The molecule has 0 saturated carbocycles. The molecule has 0 bridgehead atoms. The zero-order chi connectivity index (χ0) is 27.4. The van der Waals surface area contributed by atoms with Crippen LogP contribution < -0.4 is 4.74 Å². The summed E-state index contributed by atoms with van der Waals surface area (Å²) in [6, 6.07) is 10.9. The van der Waals surface area contributed by atoms with E-state index < -0.39 is 11.7 Å². The fraction of sp³-hybridized carbons (Fsp3) is 0.310. The van der Waals surface area contributed by atoms with Gasteiger partial charge in [0.05, 0.1) is 30.8 Å². The summed E-state index contributed by atoms with van der Waals surface area (Å²) in [5.41, 5.74) is 3.39. The number of hydrogen-bond donors (Lipinski definition) is 0. The van der Waals surface area contributed by atoms with Gasteiger partial charge in [-0.2, -0.15) is 13.2 Å². The fourth-order valence-corrected chi connectivity index (χ4v) is 4.10. The van der Waals surface area contributed by atoms with E-state index in [-0.39, 0.29) is 17.8 Å². The Labute approximate surface area is 219 Å².